The van der Waals surface area contributed by atoms with E-state index in [1.165, 1.54) is 13.0 Å². The van der Waals surface area contributed by atoms with Gasteiger partial charge in [-0.05, 0) is 6.08 Å². The average Bonchev–Trinajstić information content (AvgIpc) is 2.29. The van der Waals surface area contributed by atoms with Crippen molar-refractivity contribution < 1.29 is 19.1 Å². The maximum atomic E-state index is 10.8. The van der Waals surface area contributed by atoms with Gasteiger partial charge in [-0.2, -0.15) is 0 Å². The first-order valence-corrected chi connectivity index (χ1v) is 3.50. The molecule has 0 saturated heterocycles. The molecule has 0 aliphatic heterocycles. The van der Waals surface area contributed by atoms with E-state index in [4.69, 9.17) is 4.74 Å². The van der Waals surface area contributed by atoms with Crippen LogP contribution in [0.5, 0.6) is 0 Å². The van der Waals surface area contributed by atoms with Crippen LogP contribution in [0.15, 0.2) is 11.6 Å². The van der Waals surface area contributed by atoms with Crippen molar-refractivity contribution in [2.75, 3.05) is 0 Å². The Morgan fingerprint density at radius 3 is 2.92 bits per heavy atom. The SMILES string of the molecule is CC(=O)O[C@@H]1CC(=O)C=C1C=O. The van der Waals surface area contributed by atoms with Crippen molar-refractivity contribution in [2.24, 2.45) is 0 Å². The number of hydrogen-bond acceptors (Lipinski definition) is 4. The van der Waals surface area contributed by atoms with Gasteiger partial charge in [-0.1, -0.05) is 0 Å². The van der Waals surface area contributed by atoms with E-state index in [2.05, 4.69) is 0 Å². The molecule has 4 nitrogen and oxygen atoms in total. The molecule has 4 heteroatoms. The van der Waals surface area contributed by atoms with E-state index in [1.807, 2.05) is 0 Å². The lowest BCUT2D eigenvalue weighted by Gasteiger charge is -2.09. The Labute approximate surface area is 69.2 Å². The predicted molar refractivity (Wildman–Crippen MR) is 39.3 cm³/mol. The summed E-state index contributed by atoms with van der Waals surface area (Å²) in [6.45, 7) is 1.24. The van der Waals surface area contributed by atoms with Crippen LogP contribution in [-0.4, -0.2) is 24.1 Å². The first-order chi connectivity index (χ1) is 5.63. The molecule has 12 heavy (non-hydrogen) atoms. The Hall–Kier alpha value is -1.45. The Morgan fingerprint density at radius 2 is 2.42 bits per heavy atom. The fourth-order valence-corrected chi connectivity index (χ4v) is 1.06. The highest BCUT2D eigenvalue weighted by Gasteiger charge is 2.26. The largest absolute Gasteiger partial charge is 0.457 e. The third-order valence-electron chi connectivity index (χ3n) is 1.53. The van der Waals surface area contributed by atoms with Crippen LogP contribution >= 0.6 is 0 Å². The number of aldehydes is 1. The van der Waals surface area contributed by atoms with Crippen molar-refractivity contribution in [3.8, 4) is 0 Å². The molecule has 0 aromatic rings. The zero-order chi connectivity index (χ0) is 9.14. The molecule has 0 unspecified atom stereocenters. The van der Waals surface area contributed by atoms with Gasteiger partial charge in [0.15, 0.2) is 5.78 Å². The highest BCUT2D eigenvalue weighted by atomic mass is 16.5. The summed E-state index contributed by atoms with van der Waals surface area (Å²) < 4.78 is 4.73. The number of carbonyl (C=O) groups is 3. The smallest absolute Gasteiger partial charge is 0.303 e. The molecule has 1 rings (SSSR count). The van der Waals surface area contributed by atoms with E-state index in [9.17, 15) is 14.4 Å². The molecule has 0 aromatic carbocycles. The van der Waals surface area contributed by atoms with Gasteiger partial charge in [-0.15, -0.1) is 0 Å². The predicted octanol–water partition coefficient (Wildman–Crippen LogP) is 0.0162. The van der Waals surface area contributed by atoms with Crippen LogP contribution in [0.3, 0.4) is 0 Å². The van der Waals surface area contributed by atoms with Crippen molar-refractivity contribution in [1.29, 1.82) is 0 Å². The second-order valence-corrected chi connectivity index (χ2v) is 2.53. The quantitative estimate of drug-likeness (QED) is 0.430. The third kappa shape index (κ3) is 1.78. The minimum atomic E-state index is -0.660. The van der Waals surface area contributed by atoms with Crippen LogP contribution in [0.2, 0.25) is 0 Å². The third-order valence-corrected chi connectivity index (χ3v) is 1.53. The normalized spacial score (nSPS) is 21.9. The summed E-state index contributed by atoms with van der Waals surface area (Å²) in [4.78, 5) is 31.6. The highest BCUT2D eigenvalue weighted by molar-refractivity contribution is 6.00. The monoisotopic (exact) mass is 168 g/mol. The molecule has 0 amide bonds. The number of ether oxygens (including phenoxy) is 1. The fraction of sp³-hybridized carbons (Fsp3) is 0.375. The molecule has 1 atom stereocenters. The first-order valence-electron chi connectivity index (χ1n) is 3.50. The molecule has 0 saturated carbocycles. The van der Waals surface area contributed by atoms with Crippen LogP contribution < -0.4 is 0 Å². The van der Waals surface area contributed by atoms with Gasteiger partial charge in [0.05, 0.1) is 6.42 Å². The van der Waals surface area contributed by atoms with Crippen LogP contribution in [0.1, 0.15) is 13.3 Å². The van der Waals surface area contributed by atoms with E-state index < -0.39 is 12.1 Å². The molecule has 0 N–H and O–H groups in total. The maximum absolute atomic E-state index is 10.8. The summed E-state index contributed by atoms with van der Waals surface area (Å²) in [5.74, 6) is -0.661. The minimum absolute atomic E-state index is 0.0909. The number of ketones is 1. The fourth-order valence-electron chi connectivity index (χ4n) is 1.06. The van der Waals surface area contributed by atoms with E-state index in [0.29, 0.717) is 6.29 Å². The van der Waals surface area contributed by atoms with Crippen LogP contribution in [0.25, 0.3) is 0 Å². The molecule has 0 radical (unpaired) electrons. The summed E-state index contributed by atoms with van der Waals surface area (Å²) in [7, 11) is 0. The van der Waals surface area contributed by atoms with Gasteiger partial charge in [0.25, 0.3) is 0 Å². The van der Waals surface area contributed by atoms with Crippen molar-refractivity contribution in [3.63, 3.8) is 0 Å². The van der Waals surface area contributed by atoms with E-state index in [1.54, 1.807) is 0 Å². The first kappa shape index (κ1) is 8.64. The molecular weight excluding hydrogens is 160 g/mol. The van der Waals surface area contributed by atoms with E-state index in [0.717, 1.165) is 0 Å². The van der Waals surface area contributed by atoms with Crippen LogP contribution in [-0.2, 0) is 19.1 Å². The van der Waals surface area contributed by atoms with Gasteiger partial charge < -0.3 is 4.74 Å². The van der Waals surface area contributed by atoms with Gasteiger partial charge in [-0.25, -0.2) is 0 Å². The van der Waals surface area contributed by atoms with Crippen molar-refractivity contribution in [3.05, 3.63) is 11.6 Å². The summed E-state index contributed by atoms with van der Waals surface area (Å²) in [5, 5.41) is 0. The zero-order valence-electron chi connectivity index (χ0n) is 6.57. The Bertz CT molecular complexity index is 264. The number of allylic oxidation sites excluding steroid dienone is 1. The molecular formula is C8H8O4. The molecule has 1 aliphatic carbocycles. The van der Waals surface area contributed by atoms with Crippen molar-refractivity contribution in [1.82, 2.24) is 0 Å². The Morgan fingerprint density at radius 1 is 1.75 bits per heavy atom. The lowest BCUT2D eigenvalue weighted by Crippen LogP contribution is -2.17. The summed E-state index contributed by atoms with van der Waals surface area (Å²) >= 11 is 0. The topological polar surface area (TPSA) is 60.4 Å². The molecule has 0 aromatic heterocycles. The van der Waals surface area contributed by atoms with Gasteiger partial charge in [0.2, 0.25) is 0 Å². The average molecular weight is 168 g/mol. The van der Waals surface area contributed by atoms with Crippen LogP contribution in [0.4, 0.5) is 0 Å². The maximum Gasteiger partial charge on any atom is 0.303 e. The van der Waals surface area contributed by atoms with Gasteiger partial charge in [0, 0.05) is 12.5 Å². The summed E-state index contributed by atoms with van der Waals surface area (Å²) in [5.41, 5.74) is 0.246. The van der Waals surface area contributed by atoms with E-state index in [-0.39, 0.29) is 17.8 Å². The highest BCUT2D eigenvalue weighted by Crippen LogP contribution is 2.17. The Balaban J connectivity index is 2.68. The lowest BCUT2D eigenvalue weighted by molar-refractivity contribution is -0.144. The number of carbonyl (C=O) groups excluding carboxylic acids is 3. The molecule has 0 heterocycles. The standard InChI is InChI=1S/C8H8O4/c1-5(10)12-8-3-7(11)2-6(8)4-9/h2,4,8H,3H2,1H3/t8-/m1/s1. The molecule has 0 bridgehead atoms. The van der Waals surface area contributed by atoms with Gasteiger partial charge in [-0.3, -0.25) is 14.4 Å². The number of rotatable bonds is 2. The molecule has 0 spiro atoms. The second kappa shape index (κ2) is 3.30. The summed E-state index contributed by atoms with van der Waals surface area (Å²) in [6.07, 6.45) is 1.18. The number of esters is 1. The number of hydrogen-bond donors (Lipinski definition) is 0. The minimum Gasteiger partial charge on any atom is -0.457 e. The second-order valence-electron chi connectivity index (χ2n) is 2.53. The zero-order valence-corrected chi connectivity index (χ0v) is 6.57. The summed E-state index contributed by atoms with van der Waals surface area (Å²) in [6, 6.07) is 0. The molecule has 0 fully saturated rings. The van der Waals surface area contributed by atoms with Gasteiger partial charge in [0.1, 0.15) is 12.4 Å². The lowest BCUT2D eigenvalue weighted by atomic mass is 10.2. The van der Waals surface area contributed by atoms with E-state index >= 15 is 0 Å². The van der Waals surface area contributed by atoms with Crippen LogP contribution in [0, 0.1) is 0 Å². The van der Waals surface area contributed by atoms with Crippen molar-refractivity contribution >= 4 is 18.0 Å². The molecule has 64 valence electrons. The Kier molecular flexibility index (Phi) is 2.38. The molecule has 1 aliphatic rings. The van der Waals surface area contributed by atoms with Gasteiger partial charge >= 0.3 is 5.97 Å². The van der Waals surface area contributed by atoms with Crippen molar-refractivity contribution in [2.45, 2.75) is 19.4 Å².